The molecule has 5 N–H and O–H groups in total. The molecule has 0 spiro atoms. The number of hydrogen-bond donors (Lipinski definition) is 5. The van der Waals surface area contributed by atoms with Gasteiger partial charge in [-0.3, -0.25) is 4.57 Å². The minimum atomic E-state index is -3.91. The number of phenols is 2. The summed E-state index contributed by atoms with van der Waals surface area (Å²) in [4.78, 5) is 10.5. The zero-order chi connectivity index (χ0) is 25.3. The molecule has 35 heavy (non-hydrogen) atoms. The first-order chi connectivity index (χ1) is 16.9. The summed E-state index contributed by atoms with van der Waals surface area (Å²) in [5.74, 6) is 0.906. The summed E-state index contributed by atoms with van der Waals surface area (Å²) in [7, 11) is -3.91. The third-order valence-corrected chi connectivity index (χ3v) is 7.02. The van der Waals surface area contributed by atoms with Gasteiger partial charge in [0.05, 0.1) is 18.5 Å². The summed E-state index contributed by atoms with van der Waals surface area (Å²) >= 11 is 0. The molecule has 0 saturated heterocycles. The second kappa shape index (κ2) is 12.5. The van der Waals surface area contributed by atoms with Gasteiger partial charge in [-0.05, 0) is 55.3 Å². The quantitative estimate of drug-likeness (QED) is 0.173. The number of phenolic OH excluding ortho intramolecular Hbond substituents is 1. The Balaban J connectivity index is 1.59. The Bertz CT molecular complexity index is 1170. The molecule has 0 aliphatic rings. The van der Waals surface area contributed by atoms with Crippen LogP contribution in [-0.2, 0) is 17.6 Å². The van der Waals surface area contributed by atoms with E-state index < -0.39 is 13.7 Å². The van der Waals surface area contributed by atoms with Crippen LogP contribution in [0.3, 0.4) is 0 Å². The van der Waals surface area contributed by atoms with Gasteiger partial charge in [-0.25, -0.2) is 0 Å². The molecule has 0 amide bonds. The molecule has 3 aromatic rings. The average Bonchev–Trinajstić information content (AvgIpc) is 2.85. The molecule has 0 aliphatic heterocycles. The third-order valence-electron chi connectivity index (χ3n) is 5.41. The number of nitrogens with one attached hydrogen (secondary N) is 1. The summed E-state index contributed by atoms with van der Waals surface area (Å²) in [6.45, 7) is 2.85. The predicted octanol–water partition coefficient (Wildman–Crippen LogP) is 4.36. The van der Waals surface area contributed by atoms with Crippen molar-refractivity contribution in [2.45, 2.75) is 32.8 Å². The number of benzene rings is 3. The number of aliphatic hydroxyl groups excluding tert-OH is 1. The van der Waals surface area contributed by atoms with Crippen LogP contribution in [0.2, 0.25) is 0 Å². The number of ether oxygens (including phenoxy) is 2. The molecular weight excluding hydrogens is 469 g/mol. The van der Waals surface area contributed by atoms with Crippen LogP contribution in [0, 0.1) is 0 Å². The van der Waals surface area contributed by atoms with E-state index in [1.54, 1.807) is 30.3 Å². The van der Waals surface area contributed by atoms with Crippen LogP contribution < -0.4 is 20.1 Å². The molecular formula is C26H32NO7P. The topological polar surface area (TPSA) is 128 Å². The van der Waals surface area contributed by atoms with E-state index in [0.717, 1.165) is 24.1 Å². The van der Waals surface area contributed by atoms with Crippen molar-refractivity contribution in [3.63, 3.8) is 0 Å². The maximum atomic E-state index is 12.8. The lowest BCUT2D eigenvalue weighted by Crippen LogP contribution is -2.13. The van der Waals surface area contributed by atoms with Crippen molar-refractivity contribution in [3.8, 4) is 23.0 Å². The number of aliphatic hydroxyl groups is 1. The lowest BCUT2D eigenvalue weighted by atomic mass is 10.1. The fraction of sp³-hybridized carbons (Fsp3) is 0.308. The van der Waals surface area contributed by atoms with Crippen LogP contribution in [0.4, 0.5) is 5.69 Å². The molecule has 0 aromatic heterocycles. The van der Waals surface area contributed by atoms with Crippen molar-refractivity contribution >= 4 is 18.4 Å². The Morgan fingerprint density at radius 1 is 0.971 bits per heavy atom. The minimum Gasteiger partial charge on any atom is -0.508 e. The predicted molar refractivity (Wildman–Crippen MR) is 136 cm³/mol. The Kier molecular flexibility index (Phi) is 9.43. The maximum Gasteiger partial charge on any atom is 0.269 e. The molecule has 0 fully saturated rings. The van der Waals surface area contributed by atoms with Gasteiger partial charge in [-0.1, -0.05) is 31.5 Å². The molecule has 1 unspecified atom stereocenters. The standard InChI is InChI=1S/C26H32NO7P/c1-2-7-21-22(27-14-6-15-33-20-12-13-23(29)19(16-20)17-28)8-5-10-25(21)34-18-35(31,32)26-11-4-3-9-24(26)30/h3-5,8-13,16,27-30H,2,6-7,14-15,17-18H2,1H3,(H,31,32). The normalized spacial score (nSPS) is 12.7. The van der Waals surface area contributed by atoms with E-state index in [2.05, 4.69) is 5.32 Å². The van der Waals surface area contributed by atoms with E-state index in [-0.39, 0.29) is 23.4 Å². The molecule has 3 aromatic carbocycles. The van der Waals surface area contributed by atoms with Gasteiger partial charge in [0, 0.05) is 23.4 Å². The Labute approximate surface area is 205 Å². The summed E-state index contributed by atoms with van der Waals surface area (Å²) < 4.78 is 24.3. The highest BCUT2D eigenvalue weighted by molar-refractivity contribution is 7.66. The van der Waals surface area contributed by atoms with Crippen molar-refractivity contribution in [3.05, 3.63) is 71.8 Å². The molecule has 0 radical (unpaired) electrons. The molecule has 3 rings (SSSR count). The van der Waals surface area contributed by atoms with Gasteiger partial charge < -0.3 is 35.0 Å². The summed E-state index contributed by atoms with van der Waals surface area (Å²) in [5, 5.41) is 32.2. The van der Waals surface area contributed by atoms with Gasteiger partial charge in [0.25, 0.3) is 7.37 Å². The average molecular weight is 502 g/mol. The first-order valence-corrected chi connectivity index (χ1v) is 13.3. The highest BCUT2D eigenvalue weighted by Gasteiger charge is 2.26. The molecule has 0 bridgehead atoms. The molecule has 1 atom stereocenters. The fourth-order valence-corrected chi connectivity index (χ4v) is 4.83. The van der Waals surface area contributed by atoms with Crippen LogP contribution in [-0.4, -0.2) is 39.7 Å². The van der Waals surface area contributed by atoms with Crippen molar-refractivity contribution in [1.82, 2.24) is 0 Å². The van der Waals surface area contributed by atoms with Gasteiger partial charge in [-0.2, -0.15) is 0 Å². The first kappa shape index (κ1) is 26.4. The van der Waals surface area contributed by atoms with Crippen molar-refractivity contribution in [1.29, 1.82) is 0 Å². The molecule has 9 heteroatoms. The summed E-state index contributed by atoms with van der Waals surface area (Å²) in [6.07, 6.45) is 1.84. The molecule has 0 aliphatic carbocycles. The lowest BCUT2D eigenvalue weighted by Gasteiger charge is -2.19. The van der Waals surface area contributed by atoms with Gasteiger partial charge in [0.15, 0.2) is 6.35 Å². The smallest absolute Gasteiger partial charge is 0.269 e. The van der Waals surface area contributed by atoms with Crippen LogP contribution in [0.1, 0.15) is 30.9 Å². The van der Waals surface area contributed by atoms with Gasteiger partial charge >= 0.3 is 0 Å². The third kappa shape index (κ3) is 7.15. The maximum absolute atomic E-state index is 12.8. The first-order valence-electron chi connectivity index (χ1n) is 11.5. The zero-order valence-corrected chi connectivity index (χ0v) is 20.6. The SMILES string of the molecule is CCCc1c(NCCCOc2ccc(O)c(CO)c2)cccc1OCP(=O)(O)c1ccccc1O. The number of rotatable bonds is 13. The van der Waals surface area contributed by atoms with Crippen LogP contribution in [0.15, 0.2) is 60.7 Å². The highest BCUT2D eigenvalue weighted by atomic mass is 31.2. The summed E-state index contributed by atoms with van der Waals surface area (Å²) in [6, 6.07) is 16.3. The minimum absolute atomic E-state index is 0.0222. The Morgan fingerprint density at radius 3 is 2.51 bits per heavy atom. The van der Waals surface area contributed by atoms with E-state index in [1.807, 2.05) is 19.1 Å². The van der Waals surface area contributed by atoms with E-state index in [1.165, 1.54) is 18.2 Å². The second-order valence-corrected chi connectivity index (χ2v) is 10.2. The Morgan fingerprint density at radius 2 is 1.77 bits per heavy atom. The Hall–Kier alpha value is -3.19. The van der Waals surface area contributed by atoms with E-state index in [9.17, 15) is 24.8 Å². The number of para-hydroxylation sites is 1. The van der Waals surface area contributed by atoms with Crippen LogP contribution >= 0.6 is 7.37 Å². The molecule has 8 nitrogen and oxygen atoms in total. The monoisotopic (exact) mass is 501 g/mol. The van der Waals surface area contributed by atoms with Gasteiger partial charge in [0.1, 0.15) is 23.0 Å². The van der Waals surface area contributed by atoms with Gasteiger partial charge in [-0.15, -0.1) is 0 Å². The fourth-order valence-electron chi connectivity index (χ4n) is 3.62. The van der Waals surface area contributed by atoms with Gasteiger partial charge in [0.2, 0.25) is 0 Å². The zero-order valence-electron chi connectivity index (χ0n) is 19.7. The van der Waals surface area contributed by atoms with Crippen LogP contribution in [0.25, 0.3) is 0 Å². The lowest BCUT2D eigenvalue weighted by molar-refractivity contribution is 0.272. The van der Waals surface area contributed by atoms with Crippen molar-refractivity contribution < 1.29 is 34.3 Å². The number of aromatic hydroxyl groups is 2. The molecule has 0 saturated carbocycles. The van der Waals surface area contributed by atoms with Crippen molar-refractivity contribution in [2.24, 2.45) is 0 Å². The number of hydrogen-bond acceptors (Lipinski definition) is 7. The largest absolute Gasteiger partial charge is 0.508 e. The van der Waals surface area contributed by atoms with E-state index in [4.69, 9.17) is 9.47 Å². The van der Waals surface area contributed by atoms with E-state index >= 15 is 0 Å². The number of anilines is 1. The summed E-state index contributed by atoms with van der Waals surface area (Å²) in [5.41, 5.74) is 2.21. The molecule has 188 valence electrons. The van der Waals surface area contributed by atoms with Crippen molar-refractivity contribution in [2.75, 3.05) is 24.8 Å². The van der Waals surface area contributed by atoms with E-state index in [0.29, 0.717) is 36.6 Å². The van der Waals surface area contributed by atoms with Crippen LogP contribution in [0.5, 0.6) is 23.0 Å². The highest BCUT2D eigenvalue weighted by Crippen LogP contribution is 2.43. The second-order valence-electron chi connectivity index (χ2n) is 8.07. The molecule has 0 heterocycles.